The van der Waals surface area contributed by atoms with E-state index in [1.165, 1.54) is 0 Å². The SMILES string of the molecule is C[C](C)c1ncc(Cl)cc1Cl. The molecule has 0 spiro atoms. The molecule has 1 radical (unpaired) electrons. The van der Waals surface area contributed by atoms with E-state index in [0.29, 0.717) is 10.0 Å². The zero-order valence-electron chi connectivity index (χ0n) is 6.36. The average Bonchev–Trinajstić information content (AvgIpc) is 1.85. The van der Waals surface area contributed by atoms with Crippen LogP contribution in [0.4, 0.5) is 0 Å². The van der Waals surface area contributed by atoms with Crippen molar-refractivity contribution in [3.63, 3.8) is 0 Å². The van der Waals surface area contributed by atoms with Gasteiger partial charge in [0.05, 0.1) is 15.7 Å². The lowest BCUT2D eigenvalue weighted by atomic mass is 10.1. The quantitative estimate of drug-likeness (QED) is 0.660. The molecule has 1 aromatic rings. The van der Waals surface area contributed by atoms with E-state index in [2.05, 4.69) is 4.98 Å². The van der Waals surface area contributed by atoms with E-state index in [9.17, 15) is 0 Å². The van der Waals surface area contributed by atoms with Crippen molar-refractivity contribution >= 4 is 23.2 Å². The third-order valence-corrected chi connectivity index (χ3v) is 1.78. The van der Waals surface area contributed by atoms with Gasteiger partial charge in [0.15, 0.2) is 0 Å². The predicted molar refractivity (Wildman–Crippen MR) is 48.0 cm³/mol. The first-order valence-corrected chi connectivity index (χ1v) is 3.98. The number of aromatic nitrogens is 1. The second kappa shape index (κ2) is 3.42. The van der Waals surface area contributed by atoms with Gasteiger partial charge >= 0.3 is 0 Å². The summed E-state index contributed by atoms with van der Waals surface area (Å²) in [5.41, 5.74) is 0.816. The Morgan fingerprint density at radius 2 is 2.00 bits per heavy atom. The van der Waals surface area contributed by atoms with Crippen LogP contribution in [0.5, 0.6) is 0 Å². The molecular formula is C8H8Cl2N. The maximum Gasteiger partial charge on any atom is 0.0656 e. The minimum absolute atomic E-state index is 0.569. The van der Waals surface area contributed by atoms with Gasteiger partial charge in [-0.2, -0.15) is 0 Å². The van der Waals surface area contributed by atoms with Crippen LogP contribution in [0.25, 0.3) is 0 Å². The molecule has 1 aromatic heterocycles. The van der Waals surface area contributed by atoms with Gasteiger partial charge in [-0.05, 0) is 6.07 Å². The first kappa shape index (κ1) is 8.82. The Kier molecular flexibility index (Phi) is 2.74. The molecule has 1 heterocycles. The van der Waals surface area contributed by atoms with Gasteiger partial charge in [-0.15, -0.1) is 0 Å². The first-order chi connectivity index (χ1) is 5.11. The Morgan fingerprint density at radius 3 is 2.45 bits per heavy atom. The molecule has 0 bridgehead atoms. The fourth-order valence-corrected chi connectivity index (χ4v) is 1.35. The Morgan fingerprint density at radius 1 is 1.36 bits per heavy atom. The molecule has 0 amide bonds. The molecule has 59 valence electrons. The molecule has 0 unspecified atom stereocenters. The molecule has 0 saturated carbocycles. The van der Waals surface area contributed by atoms with Crippen molar-refractivity contribution in [3.8, 4) is 0 Å². The highest BCUT2D eigenvalue weighted by Crippen LogP contribution is 2.23. The maximum absolute atomic E-state index is 5.86. The van der Waals surface area contributed by atoms with Crippen molar-refractivity contribution < 1.29 is 0 Å². The van der Waals surface area contributed by atoms with Crippen LogP contribution in [0, 0.1) is 5.92 Å². The van der Waals surface area contributed by atoms with Gasteiger partial charge in [0.1, 0.15) is 0 Å². The van der Waals surface area contributed by atoms with Crippen molar-refractivity contribution in [2.45, 2.75) is 13.8 Å². The van der Waals surface area contributed by atoms with Crippen LogP contribution in [0.2, 0.25) is 10.0 Å². The van der Waals surface area contributed by atoms with Gasteiger partial charge < -0.3 is 0 Å². The molecule has 0 aliphatic rings. The molecule has 3 heteroatoms. The molecular weight excluding hydrogens is 181 g/mol. The van der Waals surface area contributed by atoms with Crippen LogP contribution >= 0.6 is 23.2 Å². The van der Waals surface area contributed by atoms with Crippen LogP contribution in [-0.4, -0.2) is 4.98 Å². The Labute approximate surface area is 76.4 Å². The minimum Gasteiger partial charge on any atom is -0.258 e. The number of hydrogen-bond donors (Lipinski definition) is 0. The van der Waals surface area contributed by atoms with E-state index < -0.39 is 0 Å². The number of rotatable bonds is 1. The largest absolute Gasteiger partial charge is 0.258 e. The molecule has 1 rings (SSSR count). The van der Waals surface area contributed by atoms with E-state index in [1.54, 1.807) is 12.3 Å². The topological polar surface area (TPSA) is 12.9 Å². The van der Waals surface area contributed by atoms with Gasteiger partial charge in [-0.3, -0.25) is 4.98 Å². The summed E-state index contributed by atoms with van der Waals surface area (Å²) in [6, 6.07) is 1.69. The number of halogens is 2. The molecule has 0 saturated heterocycles. The Bertz CT molecular complexity index is 258. The normalized spacial score (nSPS) is 10.6. The predicted octanol–water partition coefficient (Wildman–Crippen LogP) is 3.35. The summed E-state index contributed by atoms with van der Waals surface area (Å²) in [4.78, 5) is 4.08. The number of pyridine rings is 1. The first-order valence-electron chi connectivity index (χ1n) is 3.23. The zero-order valence-corrected chi connectivity index (χ0v) is 7.87. The fraction of sp³-hybridized carbons (Fsp3) is 0.250. The van der Waals surface area contributed by atoms with Crippen LogP contribution in [0.1, 0.15) is 19.5 Å². The van der Waals surface area contributed by atoms with E-state index >= 15 is 0 Å². The smallest absolute Gasteiger partial charge is 0.0656 e. The van der Waals surface area contributed by atoms with Crippen LogP contribution < -0.4 is 0 Å². The molecule has 0 atom stereocenters. The van der Waals surface area contributed by atoms with Crippen LogP contribution in [0.3, 0.4) is 0 Å². The van der Waals surface area contributed by atoms with Gasteiger partial charge in [-0.1, -0.05) is 37.0 Å². The van der Waals surface area contributed by atoms with E-state index in [4.69, 9.17) is 23.2 Å². The highest BCUT2D eigenvalue weighted by Gasteiger charge is 2.06. The molecule has 0 N–H and O–H groups in total. The molecule has 0 aliphatic heterocycles. The average molecular weight is 189 g/mol. The zero-order chi connectivity index (χ0) is 8.43. The molecule has 1 nitrogen and oxygen atoms in total. The third-order valence-electron chi connectivity index (χ3n) is 1.28. The lowest BCUT2D eigenvalue weighted by molar-refractivity contribution is 1.06. The lowest BCUT2D eigenvalue weighted by Crippen LogP contribution is -1.93. The summed E-state index contributed by atoms with van der Waals surface area (Å²) in [7, 11) is 0. The molecule has 0 fully saturated rings. The van der Waals surface area contributed by atoms with Crippen LogP contribution in [0.15, 0.2) is 12.3 Å². The molecule has 0 aliphatic carbocycles. The monoisotopic (exact) mass is 188 g/mol. The van der Waals surface area contributed by atoms with Crippen molar-refractivity contribution in [1.29, 1.82) is 0 Å². The van der Waals surface area contributed by atoms with Gasteiger partial charge in [0.2, 0.25) is 0 Å². The van der Waals surface area contributed by atoms with Gasteiger partial charge in [-0.25, -0.2) is 0 Å². The summed E-state index contributed by atoms with van der Waals surface area (Å²) < 4.78 is 0. The lowest BCUT2D eigenvalue weighted by Gasteiger charge is -2.04. The highest BCUT2D eigenvalue weighted by molar-refractivity contribution is 6.34. The summed E-state index contributed by atoms with van der Waals surface area (Å²) in [6.45, 7) is 3.92. The second-order valence-electron chi connectivity index (χ2n) is 2.48. The van der Waals surface area contributed by atoms with Crippen molar-refractivity contribution in [2.75, 3.05) is 0 Å². The van der Waals surface area contributed by atoms with E-state index in [0.717, 1.165) is 11.6 Å². The highest BCUT2D eigenvalue weighted by atomic mass is 35.5. The summed E-state index contributed by atoms with van der Waals surface area (Å²) in [5, 5.41) is 1.18. The summed E-state index contributed by atoms with van der Waals surface area (Å²) in [5.74, 6) is 1.09. The fourth-order valence-electron chi connectivity index (χ4n) is 0.782. The number of nitrogens with zero attached hydrogens (tertiary/aromatic N) is 1. The van der Waals surface area contributed by atoms with Crippen molar-refractivity contribution in [2.24, 2.45) is 0 Å². The molecule has 11 heavy (non-hydrogen) atoms. The third kappa shape index (κ3) is 2.08. The van der Waals surface area contributed by atoms with Crippen LogP contribution in [-0.2, 0) is 0 Å². The standard InChI is InChI=1S/C8H8Cl2N/c1-5(2)8-7(10)3-6(9)4-11-8/h3-4H,1-2H3. The summed E-state index contributed by atoms with van der Waals surface area (Å²) >= 11 is 11.5. The van der Waals surface area contributed by atoms with Gasteiger partial charge in [0, 0.05) is 12.1 Å². The number of hydrogen-bond acceptors (Lipinski definition) is 1. The summed E-state index contributed by atoms with van der Waals surface area (Å²) in [6.07, 6.45) is 1.59. The Hall–Kier alpha value is -0.270. The van der Waals surface area contributed by atoms with Gasteiger partial charge in [0.25, 0.3) is 0 Å². The molecule has 0 aromatic carbocycles. The minimum atomic E-state index is 0.569. The Balaban J connectivity index is 3.09. The maximum atomic E-state index is 5.86. The van der Waals surface area contributed by atoms with E-state index in [1.807, 2.05) is 13.8 Å². The van der Waals surface area contributed by atoms with E-state index in [-0.39, 0.29) is 0 Å². The van der Waals surface area contributed by atoms with Crippen molar-refractivity contribution in [1.82, 2.24) is 4.98 Å². The second-order valence-corrected chi connectivity index (χ2v) is 3.33. The van der Waals surface area contributed by atoms with Crippen molar-refractivity contribution in [3.05, 3.63) is 33.9 Å².